The third-order valence-corrected chi connectivity index (χ3v) is 5.83. The zero-order valence-corrected chi connectivity index (χ0v) is 17.9. The number of carbonyl (C=O) groups is 1. The van der Waals surface area contributed by atoms with E-state index < -0.39 is 0 Å². The van der Waals surface area contributed by atoms with E-state index in [0.717, 1.165) is 29.9 Å². The minimum atomic E-state index is -0.276. The number of aromatic nitrogens is 2. The van der Waals surface area contributed by atoms with Crippen molar-refractivity contribution < 1.29 is 4.79 Å². The molecule has 1 N–H and O–H groups in total. The highest BCUT2D eigenvalue weighted by Crippen LogP contribution is 2.20. The van der Waals surface area contributed by atoms with E-state index in [9.17, 15) is 4.79 Å². The molecule has 0 unspecified atom stereocenters. The smallest absolute Gasteiger partial charge is 0.253 e. The lowest BCUT2D eigenvalue weighted by molar-refractivity contribution is -0.120. The lowest BCUT2D eigenvalue weighted by atomic mass is 10.00. The van der Waals surface area contributed by atoms with Crippen molar-refractivity contribution in [3.63, 3.8) is 0 Å². The first-order valence-electron chi connectivity index (χ1n) is 10.4. The summed E-state index contributed by atoms with van der Waals surface area (Å²) in [7, 11) is 0. The molecule has 1 atom stereocenters. The molecule has 1 aliphatic carbocycles. The van der Waals surface area contributed by atoms with Crippen molar-refractivity contribution in [3.05, 3.63) is 17.5 Å². The summed E-state index contributed by atoms with van der Waals surface area (Å²) in [6, 6.07) is 1.93. The van der Waals surface area contributed by atoms with Crippen molar-refractivity contribution >= 4 is 23.4 Å². The maximum absolute atomic E-state index is 12.4. The molecule has 1 aliphatic rings. The second kappa shape index (κ2) is 12.1. The molecule has 27 heavy (non-hydrogen) atoms. The molecule has 6 heteroatoms. The van der Waals surface area contributed by atoms with Gasteiger partial charge >= 0.3 is 0 Å². The fourth-order valence-electron chi connectivity index (χ4n) is 3.32. The highest BCUT2D eigenvalue weighted by molar-refractivity contribution is 8.00. The molecule has 0 radical (unpaired) electrons. The molecule has 1 fully saturated rings. The molecule has 1 aromatic rings. The quantitative estimate of drug-likeness (QED) is 0.427. The predicted molar refractivity (Wildman–Crippen MR) is 113 cm³/mol. The van der Waals surface area contributed by atoms with Gasteiger partial charge in [0.15, 0.2) is 5.16 Å². The Morgan fingerprint density at radius 3 is 1.96 bits per heavy atom. The van der Waals surface area contributed by atoms with Gasteiger partial charge in [0, 0.05) is 17.1 Å². The summed E-state index contributed by atoms with van der Waals surface area (Å²) < 4.78 is 0. The molecule has 0 aromatic carbocycles. The Hall–Kier alpha value is -1.43. The molecule has 0 aliphatic heterocycles. The molecular formula is C21H34N4OS. The number of nitrogens with zero attached hydrogens (tertiary/aromatic N) is 3. The monoisotopic (exact) mass is 390 g/mol. The number of nitrogens with one attached hydrogen (secondary N) is 1. The van der Waals surface area contributed by atoms with Gasteiger partial charge < -0.3 is 0 Å². The Balaban J connectivity index is 1.87. The molecular weight excluding hydrogens is 356 g/mol. The summed E-state index contributed by atoms with van der Waals surface area (Å²) in [6.45, 7) is 5.76. The molecule has 0 spiro atoms. The van der Waals surface area contributed by atoms with Crippen molar-refractivity contribution in [2.45, 2.75) is 102 Å². The molecule has 0 bridgehead atoms. The lowest BCUT2D eigenvalue weighted by Crippen LogP contribution is -2.28. The molecule has 1 aromatic heterocycles. The molecule has 5 nitrogen and oxygen atoms in total. The van der Waals surface area contributed by atoms with E-state index >= 15 is 0 Å². The van der Waals surface area contributed by atoms with E-state index in [4.69, 9.17) is 0 Å². The fourth-order valence-corrected chi connectivity index (χ4v) is 4.18. The van der Waals surface area contributed by atoms with E-state index in [1.807, 2.05) is 26.8 Å². The topological polar surface area (TPSA) is 67.2 Å². The first-order valence-corrected chi connectivity index (χ1v) is 11.3. The highest BCUT2D eigenvalue weighted by atomic mass is 32.2. The Morgan fingerprint density at radius 2 is 1.44 bits per heavy atom. The van der Waals surface area contributed by atoms with Gasteiger partial charge in [-0.25, -0.2) is 15.4 Å². The SMILES string of the molecule is Cc1cc(C)nc(S[C@H](C)C(=O)NN=C2CCCCCCCCCCC2)n1. The van der Waals surface area contributed by atoms with Gasteiger partial charge in [0.25, 0.3) is 5.91 Å². The Bertz CT molecular complexity index is 598. The minimum absolute atomic E-state index is 0.0821. The first-order chi connectivity index (χ1) is 13.0. The van der Waals surface area contributed by atoms with Crippen molar-refractivity contribution in [1.82, 2.24) is 15.4 Å². The summed E-state index contributed by atoms with van der Waals surface area (Å²) in [6.07, 6.45) is 13.6. The van der Waals surface area contributed by atoms with Crippen LogP contribution in [0, 0.1) is 13.8 Å². The number of thioether (sulfide) groups is 1. The van der Waals surface area contributed by atoms with Gasteiger partial charge in [-0.05, 0) is 52.5 Å². The van der Waals surface area contributed by atoms with E-state index in [1.54, 1.807) is 0 Å². The van der Waals surface area contributed by atoms with Crippen LogP contribution in [0.2, 0.25) is 0 Å². The zero-order valence-electron chi connectivity index (χ0n) is 17.1. The van der Waals surface area contributed by atoms with E-state index in [0.29, 0.717) is 5.16 Å². The maximum Gasteiger partial charge on any atom is 0.253 e. The second-order valence-electron chi connectivity index (χ2n) is 7.53. The van der Waals surface area contributed by atoms with Crippen LogP contribution >= 0.6 is 11.8 Å². The molecule has 1 heterocycles. The van der Waals surface area contributed by atoms with Crippen molar-refractivity contribution in [3.8, 4) is 0 Å². The number of hydrazone groups is 1. The molecule has 2 rings (SSSR count). The fraction of sp³-hybridized carbons (Fsp3) is 0.714. The predicted octanol–water partition coefficient (Wildman–Crippen LogP) is 5.35. The summed E-state index contributed by atoms with van der Waals surface area (Å²) in [5.41, 5.74) is 5.77. The van der Waals surface area contributed by atoms with Crippen LogP contribution in [0.25, 0.3) is 0 Å². The minimum Gasteiger partial charge on any atom is -0.272 e. The first kappa shape index (κ1) is 21.9. The largest absolute Gasteiger partial charge is 0.272 e. The van der Waals surface area contributed by atoms with Crippen LogP contribution in [-0.4, -0.2) is 26.8 Å². The number of carbonyl (C=O) groups excluding carboxylic acids is 1. The van der Waals surface area contributed by atoms with Gasteiger partial charge in [-0.3, -0.25) is 4.79 Å². The van der Waals surface area contributed by atoms with Gasteiger partial charge in [-0.1, -0.05) is 56.7 Å². The average molecular weight is 391 g/mol. The summed E-state index contributed by atoms with van der Waals surface area (Å²) in [5, 5.41) is 4.84. The van der Waals surface area contributed by atoms with E-state index in [2.05, 4.69) is 20.5 Å². The normalized spacial score (nSPS) is 18.1. The van der Waals surface area contributed by atoms with Crippen molar-refractivity contribution in [2.24, 2.45) is 5.10 Å². The molecule has 1 saturated carbocycles. The highest BCUT2D eigenvalue weighted by Gasteiger charge is 2.16. The Kier molecular flexibility index (Phi) is 9.81. The molecule has 150 valence electrons. The number of rotatable bonds is 4. The average Bonchev–Trinajstić information content (AvgIpc) is 2.60. The van der Waals surface area contributed by atoms with Crippen LogP contribution in [0.5, 0.6) is 0 Å². The standard InChI is InChI=1S/C21H34N4OS/c1-16-15-17(2)23-21(22-16)27-18(3)20(26)25-24-19-13-11-9-7-5-4-6-8-10-12-14-19/h15,18H,4-14H2,1-3H3,(H,25,26)/t18-/m1/s1. The summed E-state index contributed by atoms with van der Waals surface area (Å²) in [4.78, 5) is 21.2. The Labute approximate surface area is 168 Å². The van der Waals surface area contributed by atoms with Crippen molar-refractivity contribution in [2.75, 3.05) is 0 Å². The van der Waals surface area contributed by atoms with Gasteiger partial charge in [0.1, 0.15) is 0 Å². The molecule has 0 saturated heterocycles. The number of aryl methyl sites for hydroxylation is 2. The van der Waals surface area contributed by atoms with Crippen LogP contribution in [0.15, 0.2) is 16.3 Å². The van der Waals surface area contributed by atoms with E-state index in [-0.39, 0.29) is 11.2 Å². The number of hydrogen-bond acceptors (Lipinski definition) is 5. The molecule has 1 amide bonds. The maximum atomic E-state index is 12.4. The second-order valence-corrected chi connectivity index (χ2v) is 8.84. The summed E-state index contributed by atoms with van der Waals surface area (Å²) in [5.74, 6) is -0.0821. The van der Waals surface area contributed by atoms with Gasteiger partial charge in [0.05, 0.1) is 5.25 Å². The third kappa shape index (κ3) is 8.87. The van der Waals surface area contributed by atoms with Gasteiger partial charge in [-0.2, -0.15) is 5.10 Å². The van der Waals surface area contributed by atoms with Gasteiger partial charge in [0.2, 0.25) is 0 Å². The third-order valence-electron chi connectivity index (χ3n) is 4.87. The zero-order chi connectivity index (χ0) is 19.5. The van der Waals surface area contributed by atoms with Crippen LogP contribution in [0.4, 0.5) is 0 Å². The lowest BCUT2D eigenvalue weighted by Gasteiger charge is -2.12. The van der Waals surface area contributed by atoms with Crippen LogP contribution in [0.1, 0.15) is 88.9 Å². The van der Waals surface area contributed by atoms with Crippen molar-refractivity contribution in [1.29, 1.82) is 0 Å². The Morgan fingerprint density at radius 1 is 0.963 bits per heavy atom. The van der Waals surface area contributed by atoms with Crippen LogP contribution < -0.4 is 5.43 Å². The number of hydrogen-bond donors (Lipinski definition) is 1. The number of amides is 1. The summed E-state index contributed by atoms with van der Waals surface area (Å²) >= 11 is 1.38. The van der Waals surface area contributed by atoms with E-state index in [1.165, 1.54) is 69.5 Å². The van der Waals surface area contributed by atoms with Gasteiger partial charge in [-0.15, -0.1) is 0 Å². The van der Waals surface area contributed by atoms with Crippen LogP contribution in [-0.2, 0) is 4.79 Å². The van der Waals surface area contributed by atoms with Crippen LogP contribution in [0.3, 0.4) is 0 Å².